The van der Waals surface area contributed by atoms with Gasteiger partial charge in [0.25, 0.3) is 0 Å². The minimum atomic E-state index is -1.34. The van der Waals surface area contributed by atoms with Crippen molar-refractivity contribution in [2.75, 3.05) is 6.61 Å². The summed E-state index contributed by atoms with van der Waals surface area (Å²) in [6.07, 6.45) is 8.95. The number of esters is 1. The summed E-state index contributed by atoms with van der Waals surface area (Å²) in [5, 5.41) is 11.3. The number of carbonyl (C=O) groups is 2. The Bertz CT molecular complexity index is 667. The Morgan fingerprint density at radius 2 is 1.88 bits per heavy atom. The van der Waals surface area contributed by atoms with Crippen LogP contribution in [0.15, 0.2) is 11.6 Å². The lowest BCUT2D eigenvalue weighted by Gasteiger charge is -2.58. The number of hydrogen-bond donors (Lipinski definition) is 1. The van der Waals surface area contributed by atoms with Crippen LogP contribution in [0.25, 0.3) is 0 Å². The quantitative estimate of drug-likeness (QED) is 0.761. The van der Waals surface area contributed by atoms with Crippen molar-refractivity contribution in [1.29, 1.82) is 0 Å². The molecular weight excluding hydrogens is 328 g/mol. The summed E-state index contributed by atoms with van der Waals surface area (Å²) < 4.78 is 5.26. The van der Waals surface area contributed by atoms with Gasteiger partial charge in [0.1, 0.15) is 0 Å². The molecule has 0 heterocycles. The molecule has 4 aliphatic carbocycles. The van der Waals surface area contributed by atoms with Crippen LogP contribution < -0.4 is 0 Å². The van der Waals surface area contributed by atoms with Crippen LogP contribution in [0.1, 0.15) is 72.1 Å². The SMILES string of the molecule is CCOC(=O)[C@@]1(O)CC[C@H]2[C@@H]3CCC4=CC(=O)CC[C@]4(C)[C@H]3CC[C@@]21C. The van der Waals surface area contributed by atoms with Crippen LogP contribution in [0, 0.1) is 28.6 Å². The minimum absolute atomic E-state index is 0.128. The highest BCUT2D eigenvalue weighted by atomic mass is 16.5. The largest absolute Gasteiger partial charge is 0.464 e. The van der Waals surface area contributed by atoms with Crippen molar-refractivity contribution in [3.63, 3.8) is 0 Å². The summed E-state index contributed by atoms with van der Waals surface area (Å²) in [4.78, 5) is 24.5. The first-order valence-electron chi connectivity index (χ1n) is 10.4. The fourth-order valence-electron chi connectivity index (χ4n) is 7.16. The van der Waals surface area contributed by atoms with Crippen molar-refractivity contribution in [2.45, 2.75) is 77.7 Å². The van der Waals surface area contributed by atoms with Crippen molar-refractivity contribution in [3.8, 4) is 0 Å². The van der Waals surface area contributed by atoms with E-state index < -0.39 is 11.6 Å². The van der Waals surface area contributed by atoms with Gasteiger partial charge in [0.15, 0.2) is 11.4 Å². The van der Waals surface area contributed by atoms with Crippen molar-refractivity contribution < 1.29 is 19.4 Å². The fourth-order valence-corrected chi connectivity index (χ4v) is 7.16. The highest BCUT2D eigenvalue weighted by Gasteiger charge is 2.67. The van der Waals surface area contributed by atoms with Crippen LogP contribution in [0.5, 0.6) is 0 Å². The molecule has 6 atom stereocenters. The van der Waals surface area contributed by atoms with E-state index in [-0.39, 0.29) is 16.6 Å². The van der Waals surface area contributed by atoms with E-state index in [0.717, 1.165) is 38.5 Å². The molecule has 0 aromatic rings. The standard InChI is InChI=1S/C22H32O4/c1-4-26-19(24)22(25)12-9-18-16-6-5-14-13-15(23)7-10-20(14,2)17(16)8-11-21(18,22)3/h13,16-18,25H,4-12H2,1-3H3/t16-,17+,18+,20+,21+,22+/m1/s1. The van der Waals surface area contributed by atoms with Gasteiger partial charge < -0.3 is 9.84 Å². The summed E-state index contributed by atoms with van der Waals surface area (Å²) >= 11 is 0. The third-order valence-corrected chi connectivity index (χ3v) is 8.73. The lowest BCUT2D eigenvalue weighted by atomic mass is 9.46. The molecule has 0 spiro atoms. The average Bonchev–Trinajstić information content (AvgIpc) is 2.88. The topological polar surface area (TPSA) is 63.6 Å². The molecule has 0 amide bonds. The summed E-state index contributed by atoms with van der Waals surface area (Å²) in [5.41, 5.74) is -0.235. The van der Waals surface area contributed by atoms with Gasteiger partial charge in [-0.2, -0.15) is 0 Å². The van der Waals surface area contributed by atoms with E-state index in [1.54, 1.807) is 6.92 Å². The number of ketones is 1. The molecule has 0 bridgehead atoms. The molecule has 144 valence electrons. The van der Waals surface area contributed by atoms with Gasteiger partial charge in [0, 0.05) is 11.8 Å². The van der Waals surface area contributed by atoms with Gasteiger partial charge in [-0.1, -0.05) is 19.4 Å². The second-order valence-electron chi connectivity index (χ2n) is 9.54. The van der Waals surface area contributed by atoms with Gasteiger partial charge in [-0.15, -0.1) is 0 Å². The Morgan fingerprint density at radius 1 is 1.15 bits per heavy atom. The molecule has 26 heavy (non-hydrogen) atoms. The Balaban J connectivity index is 1.65. The van der Waals surface area contributed by atoms with E-state index in [2.05, 4.69) is 13.8 Å². The monoisotopic (exact) mass is 360 g/mol. The highest BCUT2D eigenvalue weighted by molar-refractivity contribution is 5.91. The smallest absolute Gasteiger partial charge is 0.338 e. The zero-order valence-corrected chi connectivity index (χ0v) is 16.3. The lowest BCUT2D eigenvalue weighted by molar-refractivity contribution is -0.187. The van der Waals surface area contributed by atoms with Gasteiger partial charge in [-0.05, 0) is 81.1 Å². The van der Waals surface area contributed by atoms with E-state index in [0.29, 0.717) is 37.2 Å². The first kappa shape index (κ1) is 18.2. The van der Waals surface area contributed by atoms with Crippen molar-refractivity contribution in [2.24, 2.45) is 28.6 Å². The normalized spacial score (nSPS) is 47.5. The number of hydrogen-bond acceptors (Lipinski definition) is 4. The first-order chi connectivity index (χ1) is 12.3. The van der Waals surface area contributed by atoms with Gasteiger partial charge in [0.2, 0.25) is 0 Å². The van der Waals surface area contributed by atoms with E-state index in [1.807, 2.05) is 6.08 Å². The Kier molecular flexibility index (Phi) is 4.15. The third kappa shape index (κ3) is 2.23. The van der Waals surface area contributed by atoms with Gasteiger partial charge in [-0.25, -0.2) is 4.79 Å². The Hall–Kier alpha value is -1.16. The maximum atomic E-state index is 12.6. The van der Waals surface area contributed by atoms with Crippen LogP contribution in [0.3, 0.4) is 0 Å². The molecule has 0 radical (unpaired) electrons. The molecule has 0 aromatic carbocycles. The number of aliphatic hydroxyl groups is 1. The number of allylic oxidation sites excluding steroid dienone is 1. The number of rotatable bonds is 2. The highest BCUT2D eigenvalue weighted by Crippen LogP contribution is 2.67. The molecule has 0 aliphatic heterocycles. The predicted molar refractivity (Wildman–Crippen MR) is 98.3 cm³/mol. The maximum absolute atomic E-state index is 12.6. The summed E-state index contributed by atoms with van der Waals surface area (Å²) in [7, 11) is 0. The molecule has 1 N–H and O–H groups in total. The third-order valence-electron chi connectivity index (χ3n) is 8.73. The lowest BCUT2D eigenvalue weighted by Crippen LogP contribution is -2.57. The molecule has 3 saturated carbocycles. The molecule has 4 heteroatoms. The van der Waals surface area contributed by atoms with Gasteiger partial charge in [-0.3, -0.25) is 4.79 Å². The number of fused-ring (bicyclic) bond motifs is 5. The fraction of sp³-hybridized carbons (Fsp3) is 0.818. The number of carbonyl (C=O) groups excluding carboxylic acids is 2. The molecular formula is C22H32O4. The van der Waals surface area contributed by atoms with Crippen molar-refractivity contribution >= 4 is 11.8 Å². The van der Waals surface area contributed by atoms with Crippen LogP contribution in [0.2, 0.25) is 0 Å². The molecule has 0 aromatic heterocycles. The molecule has 0 unspecified atom stereocenters. The van der Waals surface area contributed by atoms with E-state index in [1.165, 1.54) is 5.57 Å². The predicted octanol–water partition coefficient (Wildman–Crippen LogP) is 3.81. The van der Waals surface area contributed by atoms with Crippen molar-refractivity contribution in [3.05, 3.63) is 11.6 Å². The average molecular weight is 360 g/mol. The summed E-state index contributed by atoms with van der Waals surface area (Å²) in [6, 6.07) is 0. The maximum Gasteiger partial charge on any atom is 0.338 e. The number of ether oxygens (including phenoxy) is 1. The zero-order valence-electron chi connectivity index (χ0n) is 16.3. The second kappa shape index (κ2) is 5.92. The zero-order chi connectivity index (χ0) is 18.7. The minimum Gasteiger partial charge on any atom is -0.464 e. The molecule has 4 aliphatic rings. The van der Waals surface area contributed by atoms with Crippen molar-refractivity contribution in [1.82, 2.24) is 0 Å². The first-order valence-corrected chi connectivity index (χ1v) is 10.4. The van der Waals surface area contributed by atoms with Gasteiger partial charge in [0.05, 0.1) is 6.61 Å². The van der Waals surface area contributed by atoms with Gasteiger partial charge >= 0.3 is 5.97 Å². The molecule has 0 saturated heterocycles. The van der Waals surface area contributed by atoms with E-state index in [9.17, 15) is 14.7 Å². The Labute approximate surface area is 156 Å². The second-order valence-corrected chi connectivity index (χ2v) is 9.54. The van der Waals surface area contributed by atoms with Crippen LogP contribution in [-0.4, -0.2) is 29.1 Å². The van der Waals surface area contributed by atoms with Crippen LogP contribution >= 0.6 is 0 Å². The van der Waals surface area contributed by atoms with Crippen LogP contribution in [0.4, 0.5) is 0 Å². The summed E-state index contributed by atoms with van der Waals surface area (Å²) in [6.45, 7) is 6.59. The molecule has 4 nitrogen and oxygen atoms in total. The summed E-state index contributed by atoms with van der Waals surface area (Å²) in [5.74, 6) is 1.33. The van der Waals surface area contributed by atoms with Crippen LogP contribution in [-0.2, 0) is 14.3 Å². The molecule has 4 rings (SSSR count). The van der Waals surface area contributed by atoms with E-state index >= 15 is 0 Å². The van der Waals surface area contributed by atoms with E-state index in [4.69, 9.17) is 4.74 Å². The molecule has 3 fully saturated rings. The Morgan fingerprint density at radius 3 is 2.62 bits per heavy atom.